The number of aliphatic carboxylic acids is 2. The van der Waals surface area contributed by atoms with Crippen molar-refractivity contribution in [3.63, 3.8) is 0 Å². The number of nitrogens with two attached hydrogens (primary N) is 1. The van der Waals surface area contributed by atoms with Crippen LogP contribution in [0, 0.1) is 5.92 Å². The minimum absolute atomic E-state index is 0.00805. The molecule has 0 saturated carbocycles. The molecule has 1 fully saturated rings. The van der Waals surface area contributed by atoms with Crippen LogP contribution in [0.2, 0.25) is 0 Å². The van der Waals surface area contributed by atoms with Crippen molar-refractivity contribution in [2.45, 2.75) is 57.3 Å². The highest BCUT2D eigenvalue weighted by atomic mass is 32.1. The van der Waals surface area contributed by atoms with E-state index in [1.165, 1.54) is 4.90 Å². The molecule has 3 amide bonds. The molecule has 1 saturated heterocycles. The van der Waals surface area contributed by atoms with E-state index in [4.69, 9.17) is 10.8 Å². The lowest BCUT2D eigenvalue weighted by molar-refractivity contribution is -0.150. The number of carbonyl (C=O) groups excluding carboxylic acids is 3. The van der Waals surface area contributed by atoms with Crippen molar-refractivity contribution >= 4 is 42.3 Å². The molecule has 12 heteroatoms. The van der Waals surface area contributed by atoms with Crippen LogP contribution in [0.3, 0.4) is 0 Å². The summed E-state index contributed by atoms with van der Waals surface area (Å²) in [6.45, 7) is 3.58. The number of carbonyl (C=O) groups is 5. The summed E-state index contributed by atoms with van der Waals surface area (Å²) in [7, 11) is 0. The maximum atomic E-state index is 12.9. The number of carboxylic acids is 2. The van der Waals surface area contributed by atoms with Crippen LogP contribution >= 0.6 is 12.6 Å². The summed E-state index contributed by atoms with van der Waals surface area (Å²) < 4.78 is 0. The van der Waals surface area contributed by atoms with Crippen LogP contribution in [-0.4, -0.2) is 81.2 Å². The van der Waals surface area contributed by atoms with Crippen molar-refractivity contribution in [2.24, 2.45) is 11.7 Å². The van der Waals surface area contributed by atoms with E-state index < -0.39 is 66.2 Å². The summed E-state index contributed by atoms with van der Waals surface area (Å²) in [5.74, 6) is -5.05. The van der Waals surface area contributed by atoms with Crippen LogP contribution in [0.25, 0.3) is 0 Å². The molecule has 0 bridgehead atoms. The highest BCUT2D eigenvalue weighted by molar-refractivity contribution is 7.80. The maximum Gasteiger partial charge on any atom is 0.326 e. The van der Waals surface area contributed by atoms with Gasteiger partial charge in [-0.25, -0.2) is 4.79 Å². The van der Waals surface area contributed by atoms with E-state index in [1.807, 2.05) is 0 Å². The van der Waals surface area contributed by atoms with Crippen molar-refractivity contribution < 1.29 is 34.2 Å². The van der Waals surface area contributed by atoms with Gasteiger partial charge in [-0.15, -0.1) is 0 Å². The highest BCUT2D eigenvalue weighted by Gasteiger charge is 2.39. The molecule has 164 valence electrons. The molecule has 29 heavy (non-hydrogen) atoms. The Hall–Kier alpha value is -2.34. The van der Waals surface area contributed by atoms with Crippen molar-refractivity contribution in [1.29, 1.82) is 0 Å². The van der Waals surface area contributed by atoms with E-state index in [0.717, 1.165) is 0 Å². The average molecular weight is 432 g/mol. The Labute approximate surface area is 173 Å². The molecule has 0 aromatic carbocycles. The molecule has 1 aliphatic heterocycles. The quantitative estimate of drug-likeness (QED) is 0.224. The predicted octanol–water partition coefficient (Wildman–Crippen LogP) is -1.58. The molecule has 4 atom stereocenters. The molecule has 0 spiro atoms. The van der Waals surface area contributed by atoms with E-state index in [1.54, 1.807) is 13.8 Å². The van der Waals surface area contributed by atoms with Gasteiger partial charge in [0.05, 0.1) is 12.5 Å². The van der Waals surface area contributed by atoms with Gasteiger partial charge >= 0.3 is 11.9 Å². The minimum Gasteiger partial charge on any atom is -0.481 e. The predicted molar refractivity (Wildman–Crippen MR) is 105 cm³/mol. The fourth-order valence-electron chi connectivity index (χ4n) is 2.98. The van der Waals surface area contributed by atoms with Crippen LogP contribution in [-0.2, 0) is 24.0 Å². The molecule has 0 radical (unpaired) electrons. The van der Waals surface area contributed by atoms with Gasteiger partial charge in [-0.3, -0.25) is 19.2 Å². The topological polar surface area (TPSA) is 179 Å². The molecule has 4 unspecified atom stereocenters. The molecule has 6 N–H and O–H groups in total. The zero-order valence-corrected chi connectivity index (χ0v) is 17.2. The first-order valence-electron chi connectivity index (χ1n) is 9.21. The number of carboxylic acid groups (broad SMARTS) is 2. The summed E-state index contributed by atoms with van der Waals surface area (Å²) in [6, 6.07) is -4.53. The summed E-state index contributed by atoms with van der Waals surface area (Å²) in [5, 5.41) is 23.0. The van der Waals surface area contributed by atoms with Gasteiger partial charge in [-0.1, -0.05) is 13.8 Å². The van der Waals surface area contributed by atoms with Crippen molar-refractivity contribution in [2.75, 3.05) is 12.3 Å². The summed E-state index contributed by atoms with van der Waals surface area (Å²) >= 11 is 3.88. The number of nitrogens with one attached hydrogen (secondary N) is 2. The van der Waals surface area contributed by atoms with Crippen LogP contribution < -0.4 is 16.4 Å². The molecule has 0 aromatic rings. The van der Waals surface area contributed by atoms with Gasteiger partial charge < -0.3 is 31.5 Å². The van der Waals surface area contributed by atoms with Crippen molar-refractivity contribution in [1.82, 2.24) is 15.5 Å². The van der Waals surface area contributed by atoms with E-state index >= 15 is 0 Å². The monoisotopic (exact) mass is 432 g/mol. The highest BCUT2D eigenvalue weighted by Crippen LogP contribution is 2.20. The van der Waals surface area contributed by atoms with Crippen molar-refractivity contribution in [3.8, 4) is 0 Å². The standard InChI is InChI=1S/C17H28N4O7S/c1-8(2)13(16(26)21-5-3-4-11(21)17(27)28)20-15(25)10(6-12(22)23)19-14(24)9(18)7-29/h8-11,13,29H,3-7,18H2,1-2H3,(H,19,24)(H,20,25)(H,22,23)(H,27,28). The second kappa shape index (κ2) is 11.0. The van der Waals surface area contributed by atoms with Gasteiger partial charge in [0.15, 0.2) is 0 Å². The fraction of sp³-hybridized carbons (Fsp3) is 0.706. The lowest BCUT2D eigenvalue weighted by Crippen LogP contribution is -2.59. The Morgan fingerprint density at radius 3 is 2.24 bits per heavy atom. The van der Waals surface area contributed by atoms with Crippen molar-refractivity contribution in [3.05, 3.63) is 0 Å². The Morgan fingerprint density at radius 2 is 1.76 bits per heavy atom. The third-order valence-corrected chi connectivity index (χ3v) is 4.99. The number of likely N-dealkylation sites (tertiary alicyclic amines) is 1. The number of nitrogens with zero attached hydrogens (tertiary/aromatic N) is 1. The number of hydrogen-bond acceptors (Lipinski definition) is 7. The number of rotatable bonds is 10. The Kier molecular flexibility index (Phi) is 9.37. The first-order valence-corrected chi connectivity index (χ1v) is 9.85. The molecule has 0 aliphatic carbocycles. The molecule has 1 rings (SSSR count). The number of thiol groups is 1. The lowest BCUT2D eigenvalue weighted by atomic mass is 10.0. The van der Waals surface area contributed by atoms with Crippen LogP contribution in [0.15, 0.2) is 0 Å². The first kappa shape index (κ1) is 24.7. The molecular formula is C17H28N4O7S. The van der Waals surface area contributed by atoms with Crippen LogP contribution in [0.4, 0.5) is 0 Å². The fourth-order valence-corrected chi connectivity index (χ4v) is 3.14. The number of amides is 3. The molecular weight excluding hydrogens is 404 g/mol. The summed E-state index contributed by atoms with van der Waals surface area (Å²) in [4.78, 5) is 61.1. The van der Waals surface area contributed by atoms with E-state index in [0.29, 0.717) is 12.8 Å². The van der Waals surface area contributed by atoms with Gasteiger partial charge in [0.2, 0.25) is 17.7 Å². The van der Waals surface area contributed by atoms with Crippen LogP contribution in [0.5, 0.6) is 0 Å². The molecule has 1 aliphatic rings. The maximum absolute atomic E-state index is 12.9. The Morgan fingerprint density at radius 1 is 1.14 bits per heavy atom. The zero-order chi connectivity index (χ0) is 22.3. The average Bonchev–Trinajstić information content (AvgIpc) is 3.13. The SMILES string of the molecule is CC(C)C(NC(=O)C(CC(=O)O)NC(=O)C(N)CS)C(=O)N1CCCC1C(=O)O. The summed E-state index contributed by atoms with van der Waals surface area (Å²) in [5.41, 5.74) is 5.54. The largest absolute Gasteiger partial charge is 0.481 e. The third kappa shape index (κ3) is 6.89. The second-order valence-corrected chi connectivity index (χ2v) is 7.57. The van der Waals surface area contributed by atoms with Gasteiger partial charge in [0.1, 0.15) is 18.1 Å². The van der Waals surface area contributed by atoms with Crippen LogP contribution in [0.1, 0.15) is 33.1 Å². The van der Waals surface area contributed by atoms with Gasteiger partial charge in [-0.2, -0.15) is 12.6 Å². The van der Waals surface area contributed by atoms with Gasteiger partial charge in [0, 0.05) is 12.3 Å². The Balaban J connectivity index is 2.97. The summed E-state index contributed by atoms with van der Waals surface area (Å²) in [6.07, 6.45) is 0.136. The molecule has 1 heterocycles. The third-order valence-electron chi connectivity index (χ3n) is 4.60. The van der Waals surface area contributed by atoms with E-state index in [-0.39, 0.29) is 12.3 Å². The molecule has 11 nitrogen and oxygen atoms in total. The Bertz CT molecular complexity index is 658. The zero-order valence-electron chi connectivity index (χ0n) is 16.3. The van der Waals surface area contributed by atoms with E-state index in [2.05, 4.69) is 23.3 Å². The first-order chi connectivity index (χ1) is 13.5. The minimum atomic E-state index is -1.45. The number of hydrogen-bond donors (Lipinski definition) is 6. The molecule has 0 aromatic heterocycles. The van der Waals surface area contributed by atoms with E-state index in [9.17, 15) is 29.1 Å². The lowest BCUT2D eigenvalue weighted by Gasteiger charge is -2.30. The van der Waals surface area contributed by atoms with Gasteiger partial charge in [-0.05, 0) is 18.8 Å². The van der Waals surface area contributed by atoms with Gasteiger partial charge in [0.25, 0.3) is 0 Å². The normalized spacial score (nSPS) is 19.3. The second-order valence-electron chi connectivity index (χ2n) is 7.21. The smallest absolute Gasteiger partial charge is 0.326 e.